The first-order chi connectivity index (χ1) is 20.9. The molecule has 0 spiro atoms. The third kappa shape index (κ3) is 5.14. The van der Waals surface area contributed by atoms with Crippen molar-refractivity contribution in [1.29, 1.82) is 0 Å². The lowest BCUT2D eigenvalue weighted by Crippen LogP contribution is -2.66. The van der Waals surface area contributed by atoms with Crippen LogP contribution in [0, 0.1) is 17.8 Å². The summed E-state index contributed by atoms with van der Waals surface area (Å²) in [6.45, 7) is 0. The van der Waals surface area contributed by atoms with Crippen LogP contribution < -0.4 is 21.3 Å². The minimum atomic E-state index is -4.86. The van der Waals surface area contributed by atoms with Gasteiger partial charge in [-0.3, -0.25) is 14.4 Å². The van der Waals surface area contributed by atoms with Gasteiger partial charge in [-0.15, -0.1) is 0 Å². The molecular weight excluding hydrogens is 625 g/mol. The highest BCUT2D eigenvalue weighted by Crippen LogP contribution is 2.53. The van der Waals surface area contributed by atoms with Crippen LogP contribution in [0.2, 0.25) is 5.02 Å². The lowest BCUT2D eigenvalue weighted by Gasteiger charge is -2.48. The highest BCUT2D eigenvalue weighted by atomic mass is 35.5. The smallest absolute Gasteiger partial charge is 0.418 e. The number of amides is 3. The molecule has 2 aromatic rings. The number of aliphatic hydroxyl groups is 3. The third-order valence-corrected chi connectivity index (χ3v) is 8.86. The van der Waals surface area contributed by atoms with Gasteiger partial charge in [0, 0.05) is 36.3 Å². The second-order valence-electron chi connectivity index (χ2n) is 11.5. The van der Waals surface area contributed by atoms with E-state index >= 15 is 0 Å². The van der Waals surface area contributed by atoms with E-state index in [9.17, 15) is 52.8 Å². The molecule has 5 rings (SSSR count). The van der Waals surface area contributed by atoms with E-state index in [4.69, 9.17) is 17.3 Å². The Bertz CT molecular complexity index is 1690. The summed E-state index contributed by atoms with van der Waals surface area (Å²) in [6, 6.07) is 2.83. The number of anilines is 3. The van der Waals surface area contributed by atoms with Crippen LogP contribution in [0.3, 0.4) is 0 Å². The van der Waals surface area contributed by atoms with Crippen LogP contribution >= 0.6 is 11.6 Å². The van der Waals surface area contributed by atoms with E-state index in [0.29, 0.717) is 17.3 Å². The summed E-state index contributed by atoms with van der Waals surface area (Å²) >= 11 is 5.69. The molecule has 2 fully saturated rings. The molecule has 240 valence electrons. The number of aliphatic hydroxyl groups excluding tert-OH is 2. The van der Waals surface area contributed by atoms with Crippen molar-refractivity contribution in [2.75, 3.05) is 29.6 Å². The number of Topliss-reactive ketones (excluding diaryl/α,β-unsaturated/α-hetero) is 2. The molecule has 0 saturated heterocycles. The number of benzene rings is 2. The number of ketones is 2. The second-order valence-corrected chi connectivity index (χ2v) is 12.0. The fourth-order valence-corrected chi connectivity index (χ4v) is 6.78. The zero-order chi connectivity index (χ0) is 33.3. The zero-order valence-electron chi connectivity index (χ0n) is 23.7. The maximum atomic E-state index is 13.8. The van der Waals surface area contributed by atoms with E-state index in [1.165, 1.54) is 6.07 Å². The molecule has 2 saturated carbocycles. The minimum Gasteiger partial charge on any atom is -0.507 e. The van der Waals surface area contributed by atoms with Gasteiger partial charge in [-0.05, 0) is 55.0 Å². The number of urea groups is 1. The summed E-state index contributed by atoms with van der Waals surface area (Å²) in [5, 5.41) is 48.6. The summed E-state index contributed by atoms with van der Waals surface area (Å²) in [5.74, 6) is -9.00. The van der Waals surface area contributed by atoms with Gasteiger partial charge in [0.15, 0.2) is 17.1 Å². The SMILES string of the molecule is CN(C)c1cc(NC(=O)Nc2ccc(Cl)cc2C(F)(F)F)c(O)c2c1C[C@H]1C[C@H]3CC(O)C(C(N)=O)C(=O)[C@@]3(O)C(=O)C1=C2O. The Morgan fingerprint density at radius 2 is 1.73 bits per heavy atom. The molecule has 45 heavy (non-hydrogen) atoms. The molecule has 0 bridgehead atoms. The monoisotopic (exact) mass is 652 g/mol. The number of halogens is 4. The molecule has 5 atom stereocenters. The van der Waals surface area contributed by atoms with Crippen molar-refractivity contribution in [3.05, 3.63) is 51.6 Å². The molecule has 2 aromatic carbocycles. The molecule has 2 unspecified atom stereocenters. The van der Waals surface area contributed by atoms with Crippen molar-refractivity contribution in [2.24, 2.45) is 23.5 Å². The minimum absolute atomic E-state index is 0.0177. The van der Waals surface area contributed by atoms with Gasteiger partial charge in [-0.25, -0.2) is 4.79 Å². The van der Waals surface area contributed by atoms with E-state index in [1.807, 2.05) is 0 Å². The predicted molar refractivity (Wildman–Crippen MR) is 155 cm³/mol. The van der Waals surface area contributed by atoms with E-state index in [0.717, 1.165) is 12.1 Å². The number of fused-ring (bicyclic) bond motifs is 3. The largest absolute Gasteiger partial charge is 0.507 e. The number of alkyl halides is 3. The Balaban J connectivity index is 1.56. The lowest BCUT2D eigenvalue weighted by atomic mass is 9.56. The van der Waals surface area contributed by atoms with Crippen LogP contribution in [-0.4, -0.2) is 69.7 Å². The maximum absolute atomic E-state index is 13.8. The number of hydrogen-bond donors (Lipinski definition) is 7. The van der Waals surface area contributed by atoms with Gasteiger partial charge in [0.1, 0.15) is 11.7 Å². The fraction of sp³-hybridized carbons (Fsp3) is 0.379. The Morgan fingerprint density at radius 1 is 1.09 bits per heavy atom. The van der Waals surface area contributed by atoms with Crippen molar-refractivity contribution < 1.29 is 52.8 Å². The third-order valence-electron chi connectivity index (χ3n) is 8.63. The molecular formula is C29H28ClF3N4O8. The highest BCUT2D eigenvalue weighted by molar-refractivity contribution is 6.30. The number of primary amides is 1. The first-order valence-corrected chi connectivity index (χ1v) is 14.0. The Morgan fingerprint density at radius 3 is 2.33 bits per heavy atom. The standard InChI is InChI=1S/C29H28ClF3N4O8/c1-37(2)17-9-16(36-27(44)35-15-4-3-12(30)8-14(15)29(31,32)33)22(39)20-13(17)6-10-5-11-7-18(38)21(26(34)43)25(42)28(11,45)24(41)19(10)23(20)40/h3-4,8-11,18,21,38-40,45H,5-7H2,1-2H3,(H2,34,43)(H2,35,36,44)/t10-,11+,18?,21?,28+/m1/s1. The normalized spacial score (nSPS) is 26.0. The number of carbonyl (C=O) groups excluding carboxylic acids is 4. The summed E-state index contributed by atoms with van der Waals surface area (Å²) < 4.78 is 40.6. The molecule has 12 nitrogen and oxygen atoms in total. The molecule has 3 aliphatic rings. The first-order valence-electron chi connectivity index (χ1n) is 13.6. The fourth-order valence-electron chi connectivity index (χ4n) is 6.60. The molecule has 8 N–H and O–H groups in total. The first kappa shape index (κ1) is 32.1. The van der Waals surface area contributed by atoms with Gasteiger partial charge in [0.25, 0.3) is 0 Å². The number of carbonyl (C=O) groups is 4. The van der Waals surface area contributed by atoms with E-state index < -0.39 is 87.5 Å². The number of rotatable bonds is 4. The van der Waals surface area contributed by atoms with Crippen LogP contribution in [0.4, 0.5) is 35.0 Å². The molecule has 3 amide bonds. The van der Waals surface area contributed by atoms with Gasteiger partial charge in [0.05, 0.1) is 28.6 Å². The summed E-state index contributed by atoms with van der Waals surface area (Å²) in [4.78, 5) is 53.3. The predicted octanol–water partition coefficient (Wildman–Crippen LogP) is 2.97. The molecule has 16 heteroatoms. The number of aromatic hydroxyl groups is 1. The molecule has 3 aliphatic carbocycles. The number of phenolic OH excluding ortho intramolecular Hbond substituents is 1. The van der Waals surface area contributed by atoms with E-state index in [1.54, 1.807) is 19.0 Å². The van der Waals surface area contributed by atoms with Crippen molar-refractivity contribution in [2.45, 2.75) is 37.1 Å². The summed E-state index contributed by atoms with van der Waals surface area (Å²) in [6.07, 6.45) is -6.70. The summed E-state index contributed by atoms with van der Waals surface area (Å²) in [7, 11) is 3.22. The Hall–Kier alpha value is -4.34. The number of hydrogen-bond acceptors (Lipinski definition) is 9. The lowest BCUT2D eigenvalue weighted by molar-refractivity contribution is -0.174. The van der Waals surface area contributed by atoms with Crippen molar-refractivity contribution in [3.63, 3.8) is 0 Å². The summed E-state index contributed by atoms with van der Waals surface area (Å²) in [5.41, 5.74) is 0.259. The number of nitrogens with two attached hydrogens (primary N) is 1. The number of phenols is 1. The molecule has 0 radical (unpaired) electrons. The topological polar surface area (TPSA) is 203 Å². The van der Waals surface area contributed by atoms with E-state index in [-0.39, 0.29) is 35.5 Å². The van der Waals surface area contributed by atoms with Crippen LogP contribution in [-0.2, 0) is 27.0 Å². The van der Waals surface area contributed by atoms with Gasteiger partial charge in [-0.2, -0.15) is 13.2 Å². The van der Waals surface area contributed by atoms with Crippen LogP contribution in [0.25, 0.3) is 5.76 Å². The maximum Gasteiger partial charge on any atom is 0.418 e. The van der Waals surface area contributed by atoms with Crippen LogP contribution in [0.5, 0.6) is 5.75 Å². The average Bonchev–Trinajstić information content (AvgIpc) is 2.92. The van der Waals surface area contributed by atoms with Crippen LogP contribution in [0.1, 0.15) is 29.5 Å². The van der Waals surface area contributed by atoms with Crippen molar-refractivity contribution in [1.82, 2.24) is 0 Å². The van der Waals surface area contributed by atoms with Gasteiger partial charge in [0.2, 0.25) is 11.7 Å². The molecule has 0 heterocycles. The number of nitrogens with one attached hydrogen (secondary N) is 2. The van der Waals surface area contributed by atoms with Crippen molar-refractivity contribution >= 4 is 57.9 Å². The van der Waals surface area contributed by atoms with Crippen molar-refractivity contribution in [3.8, 4) is 5.75 Å². The average molecular weight is 653 g/mol. The van der Waals surface area contributed by atoms with Crippen LogP contribution in [0.15, 0.2) is 29.8 Å². The molecule has 0 aliphatic heterocycles. The van der Waals surface area contributed by atoms with Gasteiger partial charge < -0.3 is 41.7 Å². The number of nitrogens with zero attached hydrogens (tertiary/aromatic N) is 1. The quantitative estimate of drug-likeness (QED) is 0.191. The van der Waals surface area contributed by atoms with Gasteiger partial charge in [-0.1, -0.05) is 11.6 Å². The molecule has 0 aromatic heterocycles. The Labute approximate surface area is 258 Å². The second kappa shape index (κ2) is 10.9. The zero-order valence-corrected chi connectivity index (χ0v) is 24.5. The highest BCUT2D eigenvalue weighted by Gasteiger charge is 2.64. The Kier molecular flexibility index (Phi) is 7.78. The van der Waals surface area contributed by atoms with Gasteiger partial charge >= 0.3 is 12.2 Å². The van der Waals surface area contributed by atoms with E-state index in [2.05, 4.69) is 10.6 Å².